The van der Waals surface area contributed by atoms with E-state index in [2.05, 4.69) is 0 Å². The molecule has 0 aliphatic carbocycles. The lowest BCUT2D eigenvalue weighted by molar-refractivity contribution is 0.217. The number of halogens is 2. The molecule has 0 spiro atoms. The third kappa shape index (κ3) is 4.61. The van der Waals surface area contributed by atoms with Crippen LogP contribution in [-0.2, 0) is 0 Å². The Hall–Kier alpha value is -2.79. The first kappa shape index (κ1) is 17.0. The van der Waals surface area contributed by atoms with E-state index in [0.717, 1.165) is 0 Å². The van der Waals surface area contributed by atoms with Gasteiger partial charge in [0.1, 0.15) is 30.5 Å². The molecule has 0 saturated carbocycles. The number of benzene rings is 2. The first-order valence-corrected chi connectivity index (χ1v) is 7.99. The number of hydrogen-bond donors (Lipinski definition) is 0. The van der Waals surface area contributed by atoms with Crippen LogP contribution in [0.1, 0.15) is 0 Å². The minimum Gasteiger partial charge on any atom is -0.490 e. The molecule has 0 aliphatic heterocycles. The fourth-order valence-corrected chi connectivity index (χ4v) is 2.42. The number of rotatable bonds is 6. The number of nitrogens with zero attached hydrogens (tertiary/aromatic N) is 1. The Morgan fingerprint density at radius 3 is 2.24 bits per heavy atom. The number of aromatic nitrogens is 1. The molecule has 0 unspecified atom stereocenters. The van der Waals surface area contributed by atoms with Gasteiger partial charge in [-0.1, -0.05) is 17.7 Å². The smallest absolute Gasteiger partial charge is 0.258 e. The number of hydrogen-bond acceptors (Lipinski definition) is 3. The second-order valence-electron chi connectivity index (χ2n) is 5.20. The summed E-state index contributed by atoms with van der Waals surface area (Å²) in [4.78, 5) is 12.2. The van der Waals surface area contributed by atoms with E-state index >= 15 is 0 Å². The van der Waals surface area contributed by atoms with Crippen LogP contribution in [0.5, 0.6) is 11.5 Å². The normalized spacial score (nSPS) is 10.5. The zero-order valence-corrected chi connectivity index (χ0v) is 13.9. The van der Waals surface area contributed by atoms with Gasteiger partial charge in [0.15, 0.2) is 0 Å². The lowest BCUT2D eigenvalue weighted by Gasteiger charge is -2.10. The molecule has 0 radical (unpaired) electrons. The highest BCUT2D eigenvalue weighted by molar-refractivity contribution is 6.30. The van der Waals surface area contributed by atoms with Gasteiger partial charge in [-0.2, -0.15) is 0 Å². The van der Waals surface area contributed by atoms with Crippen LogP contribution in [0, 0.1) is 5.82 Å². The van der Waals surface area contributed by atoms with Crippen molar-refractivity contribution >= 4 is 11.6 Å². The van der Waals surface area contributed by atoms with E-state index in [9.17, 15) is 9.18 Å². The monoisotopic (exact) mass is 359 g/mol. The van der Waals surface area contributed by atoms with E-state index in [0.29, 0.717) is 28.8 Å². The topological polar surface area (TPSA) is 40.5 Å². The van der Waals surface area contributed by atoms with Crippen molar-refractivity contribution in [2.75, 3.05) is 13.2 Å². The molecule has 3 rings (SSSR count). The van der Waals surface area contributed by atoms with E-state index in [1.165, 1.54) is 34.9 Å². The summed E-state index contributed by atoms with van der Waals surface area (Å²) in [5.41, 5.74) is 0.321. The van der Waals surface area contributed by atoms with Crippen LogP contribution in [0.4, 0.5) is 4.39 Å². The number of pyridine rings is 1. The van der Waals surface area contributed by atoms with E-state index in [-0.39, 0.29) is 18.0 Å². The van der Waals surface area contributed by atoms with Crippen LogP contribution in [0.15, 0.2) is 71.7 Å². The predicted molar refractivity (Wildman–Crippen MR) is 94.4 cm³/mol. The van der Waals surface area contributed by atoms with Gasteiger partial charge in [0.2, 0.25) is 0 Å². The predicted octanol–water partition coefficient (Wildman–Crippen LogP) is 4.09. The molecule has 4 nitrogen and oxygen atoms in total. The lowest BCUT2D eigenvalue weighted by Crippen LogP contribution is -2.17. The molecule has 0 fully saturated rings. The highest BCUT2D eigenvalue weighted by Crippen LogP contribution is 2.17. The summed E-state index contributed by atoms with van der Waals surface area (Å²) in [5.74, 6) is 0.748. The molecule has 25 heavy (non-hydrogen) atoms. The molecule has 0 N–H and O–H groups in total. The molecular weight excluding hydrogens is 345 g/mol. The van der Waals surface area contributed by atoms with E-state index in [1.54, 1.807) is 36.5 Å². The Kier molecular flexibility index (Phi) is 5.36. The standard InChI is InChI=1S/C19H15ClFNO3/c20-14-2-1-3-17(12-14)24-10-11-25-18-8-9-22(19(23)13-18)16-6-4-15(21)5-7-16/h1-9,12-13H,10-11H2. The molecule has 2 aromatic carbocycles. The van der Waals surface area contributed by atoms with Gasteiger partial charge in [0.05, 0.1) is 0 Å². The van der Waals surface area contributed by atoms with E-state index < -0.39 is 0 Å². The Morgan fingerprint density at radius 1 is 0.920 bits per heavy atom. The van der Waals surface area contributed by atoms with Crippen molar-refractivity contribution in [3.8, 4) is 17.2 Å². The summed E-state index contributed by atoms with van der Waals surface area (Å²) in [5, 5.41) is 0.600. The SMILES string of the molecule is O=c1cc(OCCOc2cccc(Cl)c2)ccn1-c1ccc(F)cc1. The number of ether oxygens (including phenoxy) is 2. The minimum absolute atomic E-state index is 0.264. The van der Waals surface area contributed by atoms with Crippen molar-refractivity contribution in [3.05, 3.63) is 88.1 Å². The van der Waals surface area contributed by atoms with Gasteiger partial charge in [-0.25, -0.2) is 4.39 Å². The van der Waals surface area contributed by atoms with E-state index in [1.807, 2.05) is 0 Å². The van der Waals surface area contributed by atoms with Crippen LogP contribution < -0.4 is 15.0 Å². The second-order valence-corrected chi connectivity index (χ2v) is 5.64. The molecule has 128 valence electrons. The third-order valence-electron chi connectivity index (χ3n) is 3.41. The summed E-state index contributed by atoms with van der Waals surface area (Å²) >= 11 is 5.88. The zero-order valence-electron chi connectivity index (χ0n) is 13.2. The van der Waals surface area contributed by atoms with Gasteiger partial charge < -0.3 is 9.47 Å². The summed E-state index contributed by atoms with van der Waals surface area (Å²) in [6.07, 6.45) is 1.59. The van der Waals surface area contributed by atoms with E-state index in [4.69, 9.17) is 21.1 Å². The Balaban J connectivity index is 1.58. The largest absolute Gasteiger partial charge is 0.490 e. The Morgan fingerprint density at radius 2 is 1.60 bits per heavy atom. The summed E-state index contributed by atoms with van der Waals surface area (Å²) in [7, 11) is 0. The van der Waals surface area contributed by atoms with Gasteiger partial charge >= 0.3 is 0 Å². The maximum absolute atomic E-state index is 13.0. The molecule has 6 heteroatoms. The van der Waals surface area contributed by atoms with Crippen molar-refractivity contribution in [1.82, 2.24) is 4.57 Å². The van der Waals surface area contributed by atoms with Crippen LogP contribution in [0.3, 0.4) is 0 Å². The Bertz CT molecular complexity index is 909. The van der Waals surface area contributed by atoms with Crippen LogP contribution in [-0.4, -0.2) is 17.8 Å². The van der Waals surface area contributed by atoms with Crippen LogP contribution >= 0.6 is 11.6 Å². The molecule has 0 atom stereocenters. The second kappa shape index (κ2) is 7.85. The molecule has 1 heterocycles. The van der Waals surface area contributed by atoms with Gasteiger partial charge in [-0.05, 0) is 48.5 Å². The molecule has 1 aromatic heterocycles. The molecule has 3 aromatic rings. The molecule has 0 saturated heterocycles. The molecule has 0 aliphatic rings. The zero-order chi connectivity index (χ0) is 17.6. The first-order valence-electron chi connectivity index (χ1n) is 7.62. The first-order chi connectivity index (χ1) is 12.1. The fraction of sp³-hybridized carbons (Fsp3) is 0.105. The minimum atomic E-state index is -0.351. The van der Waals surface area contributed by atoms with Gasteiger partial charge in [0.25, 0.3) is 5.56 Å². The molecular formula is C19H15ClFNO3. The maximum atomic E-state index is 13.0. The van der Waals surface area contributed by atoms with Gasteiger partial charge in [0, 0.05) is 23.0 Å². The van der Waals surface area contributed by atoms with Crippen molar-refractivity contribution in [3.63, 3.8) is 0 Å². The average molecular weight is 360 g/mol. The van der Waals surface area contributed by atoms with Crippen molar-refractivity contribution in [2.24, 2.45) is 0 Å². The summed E-state index contributed by atoms with van der Waals surface area (Å²) in [6.45, 7) is 0.605. The summed E-state index contributed by atoms with van der Waals surface area (Å²) in [6, 6.07) is 15.8. The maximum Gasteiger partial charge on any atom is 0.258 e. The fourth-order valence-electron chi connectivity index (χ4n) is 2.24. The highest BCUT2D eigenvalue weighted by Gasteiger charge is 2.03. The Labute approximate surface area is 149 Å². The van der Waals surface area contributed by atoms with Gasteiger partial charge in [-0.15, -0.1) is 0 Å². The highest BCUT2D eigenvalue weighted by atomic mass is 35.5. The average Bonchev–Trinajstić information content (AvgIpc) is 2.60. The lowest BCUT2D eigenvalue weighted by atomic mass is 10.3. The summed E-state index contributed by atoms with van der Waals surface area (Å²) < 4.78 is 25.4. The van der Waals surface area contributed by atoms with Crippen molar-refractivity contribution in [1.29, 1.82) is 0 Å². The van der Waals surface area contributed by atoms with Gasteiger partial charge in [-0.3, -0.25) is 9.36 Å². The van der Waals surface area contributed by atoms with Crippen molar-refractivity contribution < 1.29 is 13.9 Å². The van der Waals surface area contributed by atoms with Crippen LogP contribution in [0.2, 0.25) is 5.02 Å². The van der Waals surface area contributed by atoms with Crippen molar-refractivity contribution in [2.45, 2.75) is 0 Å². The van der Waals surface area contributed by atoms with Crippen LogP contribution in [0.25, 0.3) is 5.69 Å². The third-order valence-corrected chi connectivity index (χ3v) is 3.65. The quantitative estimate of drug-likeness (QED) is 0.622. The molecule has 0 bridgehead atoms. The molecule has 0 amide bonds.